The van der Waals surface area contributed by atoms with Crippen molar-refractivity contribution in [3.8, 4) is 0 Å². The summed E-state index contributed by atoms with van der Waals surface area (Å²) in [5, 5.41) is 0. The second kappa shape index (κ2) is 5.79. The monoisotopic (exact) mass is 425 g/mol. The second-order valence-corrected chi connectivity index (χ2v) is 8.52. The Hall–Kier alpha value is -0.612. The van der Waals surface area contributed by atoms with Crippen LogP contribution in [0.5, 0.6) is 0 Å². The number of hydrogen-bond acceptors (Lipinski definition) is 0. The third-order valence-electron chi connectivity index (χ3n) is 3.22. The molecule has 0 fully saturated rings. The summed E-state index contributed by atoms with van der Waals surface area (Å²) in [6.07, 6.45) is 0. The maximum absolute atomic E-state index is 4.39. The van der Waals surface area contributed by atoms with Crippen LogP contribution in [-0.2, 0) is 19.4 Å². The molecule has 0 atom stereocenters. The van der Waals surface area contributed by atoms with Crippen molar-refractivity contribution in [2.75, 3.05) is 0 Å². The summed E-state index contributed by atoms with van der Waals surface area (Å²) in [7, 11) is 0. The Labute approximate surface area is 129 Å². The number of hydrogen-bond donors (Lipinski definition) is 0. The summed E-state index contributed by atoms with van der Waals surface area (Å²) in [5.74, 6) is 0. The molecule has 0 N–H and O–H groups in total. The molecule has 0 spiro atoms. The van der Waals surface area contributed by atoms with E-state index in [1.54, 1.807) is 0 Å². The molecule has 0 aliphatic carbocycles. The van der Waals surface area contributed by atoms with Crippen LogP contribution in [0, 0.1) is 17.8 Å². The van der Waals surface area contributed by atoms with Crippen LogP contribution in [-0.4, -0.2) is 3.90 Å². The quantitative estimate of drug-likeness (QED) is 0.587. The number of allylic oxidation sites excluding steroid dienone is 2. The van der Waals surface area contributed by atoms with E-state index in [-0.39, 0.29) is 10.8 Å². The van der Waals surface area contributed by atoms with Gasteiger partial charge in [0.05, 0.1) is 0 Å². The molecule has 0 heterocycles. The first-order valence-corrected chi connectivity index (χ1v) is 8.19. The summed E-state index contributed by atoms with van der Waals surface area (Å²) in [6.45, 7) is 18.0. The molecule has 0 saturated carbocycles. The van der Waals surface area contributed by atoms with E-state index in [1.165, 1.54) is 40.0 Å². The Morgan fingerprint density at radius 2 is 1.37 bits per heavy atom. The second-order valence-electron chi connectivity index (χ2n) is 7.05. The molecular weight excluding hydrogens is 400 g/mol. The van der Waals surface area contributed by atoms with E-state index in [0.717, 1.165) is 0 Å². The molecular formula is C18H25W-. The van der Waals surface area contributed by atoms with E-state index in [1.807, 2.05) is 0 Å². The van der Waals surface area contributed by atoms with Crippen LogP contribution >= 0.6 is 0 Å². The zero-order chi connectivity index (χ0) is 14.8. The van der Waals surface area contributed by atoms with Crippen molar-refractivity contribution in [3.63, 3.8) is 0 Å². The van der Waals surface area contributed by atoms with Gasteiger partial charge in [-0.25, -0.2) is 0 Å². The average Bonchev–Trinajstić information content (AvgIpc) is 2.27. The van der Waals surface area contributed by atoms with Gasteiger partial charge in [-0.2, -0.15) is 0 Å². The van der Waals surface area contributed by atoms with Crippen molar-refractivity contribution in [1.29, 1.82) is 0 Å². The minimum atomic E-state index is 0.109. The SMILES string of the molecule is [CH2-]/C(=C(\[C](=[W])c1ccccc1)C(C)(C)C)C(C)(C)C. The Balaban J connectivity index is 3.41. The molecule has 0 aliphatic heterocycles. The Bertz CT molecular complexity index is 479. The molecule has 0 aromatic heterocycles. The van der Waals surface area contributed by atoms with Crippen LogP contribution in [0.25, 0.3) is 0 Å². The van der Waals surface area contributed by atoms with Crippen molar-refractivity contribution in [1.82, 2.24) is 0 Å². The zero-order valence-corrected chi connectivity index (χ0v) is 15.9. The van der Waals surface area contributed by atoms with E-state index < -0.39 is 0 Å². The predicted octanol–water partition coefficient (Wildman–Crippen LogP) is 4.98. The van der Waals surface area contributed by atoms with Crippen LogP contribution in [0.3, 0.4) is 0 Å². The molecule has 1 rings (SSSR count). The van der Waals surface area contributed by atoms with Gasteiger partial charge >= 0.3 is 130 Å². The van der Waals surface area contributed by atoms with Gasteiger partial charge < -0.3 is 0 Å². The summed E-state index contributed by atoms with van der Waals surface area (Å²) in [4.78, 5) is 0. The number of rotatable bonds is 2. The third-order valence-corrected chi connectivity index (χ3v) is 4.80. The molecule has 1 aromatic carbocycles. The van der Waals surface area contributed by atoms with Gasteiger partial charge in [-0.1, -0.05) is 0 Å². The molecule has 0 aliphatic rings. The van der Waals surface area contributed by atoms with Crippen LogP contribution < -0.4 is 0 Å². The molecule has 0 saturated heterocycles. The van der Waals surface area contributed by atoms with E-state index in [2.05, 4.69) is 78.8 Å². The molecule has 0 bridgehead atoms. The molecule has 0 unspecified atom stereocenters. The molecule has 0 nitrogen and oxygen atoms in total. The maximum atomic E-state index is 4.39. The van der Waals surface area contributed by atoms with Gasteiger partial charge in [0.1, 0.15) is 0 Å². The molecule has 104 valence electrons. The number of benzene rings is 1. The van der Waals surface area contributed by atoms with Gasteiger partial charge in [-0.15, -0.1) is 0 Å². The molecule has 19 heavy (non-hydrogen) atoms. The summed E-state index contributed by atoms with van der Waals surface area (Å²) in [6, 6.07) is 10.7. The Morgan fingerprint density at radius 1 is 0.895 bits per heavy atom. The third kappa shape index (κ3) is 4.18. The van der Waals surface area contributed by atoms with Crippen molar-refractivity contribution in [2.24, 2.45) is 10.8 Å². The summed E-state index contributed by atoms with van der Waals surface area (Å²) < 4.78 is 1.42. The van der Waals surface area contributed by atoms with Gasteiger partial charge in [-0.05, 0) is 0 Å². The fourth-order valence-corrected chi connectivity index (χ4v) is 4.07. The van der Waals surface area contributed by atoms with Crippen molar-refractivity contribution in [3.05, 3.63) is 54.0 Å². The Morgan fingerprint density at radius 3 is 1.74 bits per heavy atom. The van der Waals surface area contributed by atoms with Gasteiger partial charge in [0.2, 0.25) is 0 Å². The van der Waals surface area contributed by atoms with Crippen LogP contribution in [0.2, 0.25) is 0 Å². The normalized spacial score (nSPS) is 14.0. The standard InChI is InChI=1S/C18H25.W/c1-14(17(2,3)4)16(18(5,6)7)13-15-11-9-8-10-12-15;/h8-12H,1H2,2-7H3;/q-1;/b16-14-;. The molecule has 1 aromatic rings. The molecule has 0 radical (unpaired) electrons. The average molecular weight is 425 g/mol. The molecule has 0 amide bonds. The van der Waals surface area contributed by atoms with Gasteiger partial charge in [0, 0.05) is 0 Å². The van der Waals surface area contributed by atoms with Crippen molar-refractivity contribution < 1.29 is 19.4 Å². The van der Waals surface area contributed by atoms with Gasteiger partial charge in [-0.3, -0.25) is 0 Å². The van der Waals surface area contributed by atoms with E-state index >= 15 is 0 Å². The van der Waals surface area contributed by atoms with Crippen molar-refractivity contribution in [2.45, 2.75) is 41.5 Å². The zero-order valence-electron chi connectivity index (χ0n) is 13.0. The van der Waals surface area contributed by atoms with Gasteiger partial charge in [0.15, 0.2) is 0 Å². The van der Waals surface area contributed by atoms with Crippen LogP contribution in [0.15, 0.2) is 41.5 Å². The molecule has 1 heteroatoms. The first-order chi connectivity index (χ1) is 8.55. The van der Waals surface area contributed by atoms with Gasteiger partial charge in [0.25, 0.3) is 0 Å². The van der Waals surface area contributed by atoms with E-state index in [9.17, 15) is 0 Å². The minimum absolute atomic E-state index is 0.109. The van der Waals surface area contributed by atoms with E-state index in [4.69, 9.17) is 0 Å². The Kier molecular flexibility index (Phi) is 5.01. The summed E-state index contributed by atoms with van der Waals surface area (Å²) in [5.41, 5.74) is 4.23. The van der Waals surface area contributed by atoms with Crippen LogP contribution in [0.4, 0.5) is 0 Å². The topological polar surface area (TPSA) is 0 Å². The first kappa shape index (κ1) is 16.4. The predicted molar refractivity (Wildman–Crippen MR) is 81.8 cm³/mol. The van der Waals surface area contributed by atoms with Crippen molar-refractivity contribution >= 4 is 3.90 Å². The van der Waals surface area contributed by atoms with Crippen LogP contribution in [0.1, 0.15) is 47.1 Å². The summed E-state index contributed by atoms with van der Waals surface area (Å²) >= 11 is 1.51. The first-order valence-electron chi connectivity index (χ1n) is 6.72. The van der Waals surface area contributed by atoms with E-state index in [0.29, 0.717) is 0 Å². The fourth-order valence-electron chi connectivity index (χ4n) is 2.04. The fraction of sp³-hybridized carbons (Fsp3) is 0.444.